The maximum Gasteiger partial charge on any atom is 0.0990 e. The molecule has 0 bridgehead atoms. The molecular formula is C22H33N3O2. The zero-order valence-corrected chi connectivity index (χ0v) is 16.6. The molecule has 0 N–H and O–H groups in total. The highest BCUT2D eigenvalue weighted by atomic mass is 16.3. The lowest BCUT2D eigenvalue weighted by molar-refractivity contribution is 0.282. The Labute approximate surface area is 163 Å². The van der Waals surface area contributed by atoms with Crippen molar-refractivity contribution in [2.75, 3.05) is 32.7 Å². The summed E-state index contributed by atoms with van der Waals surface area (Å²) in [5.41, 5.74) is 2.03. The maximum absolute atomic E-state index is 5.06. The molecule has 0 fully saturated rings. The molecular weight excluding hydrogens is 338 g/mol. The van der Waals surface area contributed by atoms with Crippen LogP contribution in [-0.2, 0) is 0 Å². The first-order valence-electron chi connectivity index (χ1n) is 10.1. The number of hydrogen-bond donors (Lipinski definition) is 0. The Morgan fingerprint density at radius 1 is 0.778 bits per heavy atom. The topological polar surface area (TPSA) is 54.2 Å². The molecule has 5 heteroatoms. The van der Waals surface area contributed by atoms with E-state index < -0.39 is 0 Å². The average molecular weight is 372 g/mol. The SMILES string of the molecule is CCCCCCCCN(CCN=Cc1ccoc1)CCN=Cc1ccoc1. The zero-order chi connectivity index (χ0) is 19.0. The van der Waals surface area contributed by atoms with E-state index in [1.54, 1.807) is 25.1 Å². The Kier molecular flexibility index (Phi) is 11.0. The van der Waals surface area contributed by atoms with E-state index in [0.29, 0.717) is 0 Å². The van der Waals surface area contributed by atoms with Crippen molar-refractivity contribution in [3.8, 4) is 0 Å². The van der Waals surface area contributed by atoms with Crippen LogP contribution < -0.4 is 0 Å². The molecule has 5 nitrogen and oxygen atoms in total. The van der Waals surface area contributed by atoms with Gasteiger partial charge in [0.2, 0.25) is 0 Å². The van der Waals surface area contributed by atoms with E-state index in [1.165, 1.54) is 38.5 Å². The highest BCUT2D eigenvalue weighted by molar-refractivity contribution is 5.79. The van der Waals surface area contributed by atoms with Gasteiger partial charge >= 0.3 is 0 Å². The summed E-state index contributed by atoms with van der Waals surface area (Å²) in [5, 5.41) is 0. The quantitative estimate of drug-likeness (QED) is 0.324. The fourth-order valence-electron chi connectivity index (χ4n) is 2.89. The van der Waals surface area contributed by atoms with E-state index in [0.717, 1.165) is 43.9 Å². The monoisotopic (exact) mass is 371 g/mol. The lowest BCUT2D eigenvalue weighted by Crippen LogP contribution is -2.30. The number of nitrogens with zero attached hydrogens (tertiary/aromatic N) is 3. The Morgan fingerprint density at radius 2 is 1.33 bits per heavy atom. The highest BCUT2D eigenvalue weighted by Crippen LogP contribution is 2.06. The molecule has 2 heterocycles. The van der Waals surface area contributed by atoms with Crippen LogP contribution in [0.15, 0.2) is 56.0 Å². The van der Waals surface area contributed by atoms with Gasteiger partial charge in [-0.1, -0.05) is 39.0 Å². The molecule has 0 radical (unpaired) electrons. The van der Waals surface area contributed by atoms with Gasteiger partial charge in [-0.05, 0) is 25.1 Å². The van der Waals surface area contributed by atoms with E-state index in [9.17, 15) is 0 Å². The summed E-state index contributed by atoms with van der Waals surface area (Å²) in [6, 6.07) is 3.84. The van der Waals surface area contributed by atoms with Gasteiger partial charge in [0.05, 0.1) is 38.1 Å². The molecule has 148 valence electrons. The van der Waals surface area contributed by atoms with Crippen LogP contribution in [0.5, 0.6) is 0 Å². The first kappa shape index (κ1) is 21.2. The van der Waals surface area contributed by atoms with Gasteiger partial charge in [-0.3, -0.25) is 14.9 Å². The van der Waals surface area contributed by atoms with Crippen molar-refractivity contribution in [3.05, 3.63) is 48.3 Å². The molecule has 27 heavy (non-hydrogen) atoms. The average Bonchev–Trinajstić information content (AvgIpc) is 3.38. The van der Waals surface area contributed by atoms with E-state index in [1.807, 2.05) is 24.6 Å². The van der Waals surface area contributed by atoms with Gasteiger partial charge in [-0.15, -0.1) is 0 Å². The van der Waals surface area contributed by atoms with E-state index in [2.05, 4.69) is 21.8 Å². The molecule has 0 aliphatic heterocycles. The summed E-state index contributed by atoms with van der Waals surface area (Å²) in [6.45, 7) is 6.90. The van der Waals surface area contributed by atoms with Crippen molar-refractivity contribution < 1.29 is 8.83 Å². The van der Waals surface area contributed by atoms with E-state index in [4.69, 9.17) is 8.83 Å². The third-order valence-electron chi connectivity index (χ3n) is 4.49. The van der Waals surface area contributed by atoms with Crippen LogP contribution in [0.1, 0.15) is 56.6 Å². The van der Waals surface area contributed by atoms with Crippen molar-refractivity contribution >= 4 is 12.4 Å². The minimum Gasteiger partial charge on any atom is -0.472 e. The molecule has 0 aliphatic carbocycles. The summed E-state index contributed by atoms with van der Waals surface area (Å²) in [4.78, 5) is 11.5. The lowest BCUT2D eigenvalue weighted by Gasteiger charge is -2.20. The second-order valence-corrected chi connectivity index (χ2v) is 6.79. The Hall–Kier alpha value is -2.14. The Bertz CT molecular complexity index is 570. The van der Waals surface area contributed by atoms with Gasteiger partial charge in [-0.2, -0.15) is 0 Å². The third kappa shape index (κ3) is 9.94. The fourth-order valence-corrected chi connectivity index (χ4v) is 2.89. The number of aliphatic imine (C=N–C) groups is 2. The van der Waals surface area contributed by atoms with Crippen LogP contribution in [0, 0.1) is 0 Å². The van der Waals surface area contributed by atoms with Crippen LogP contribution in [0.25, 0.3) is 0 Å². The molecule has 0 saturated carbocycles. The number of unbranched alkanes of at least 4 members (excludes halogenated alkanes) is 5. The highest BCUT2D eigenvalue weighted by Gasteiger charge is 2.04. The molecule has 0 amide bonds. The van der Waals surface area contributed by atoms with Crippen molar-refractivity contribution in [1.82, 2.24) is 4.90 Å². The van der Waals surface area contributed by atoms with Gasteiger partial charge in [-0.25, -0.2) is 0 Å². The molecule has 2 rings (SSSR count). The van der Waals surface area contributed by atoms with Crippen LogP contribution in [0.3, 0.4) is 0 Å². The largest absolute Gasteiger partial charge is 0.472 e. The van der Waals surface area contributed by atoms with Crippen LogP contribution in [0.4, 0.5) is 0 Å². The van der Waals surface area contributed by atoms with Crippen molar-refractivity contribution in [3.63, 3.8) is 0 Å². The minimum absolute atomic E-state index is 0.798. The molecule has 0 spiro atoms. The van der Waals surface area contributed by atoms with Gasteiger partial charge in [0.15, 0.2) is 0 Å². The first-order chi connectivity index (χ1) is 13.4. The zero-order valence-electron chi connectivity index (χ0n) is 16.6. The summed E-state index contributed by atoms with van der Waals surface area (Å²) in [6.07, 6.45) is 18.4. The van der Waals surface area contributed by atoms with Crippen LogP contribution in [-0.4, -0.2) is 50.1 Å². The van der Waals surface area contributed by atoms with Crippen LogP contribution in [0.2, 0.25) is 0 Å². The van der Waals surface area contributed by atoms with E-state index >= 15 is 0 Å². The van der Waals surface area contributed by atoms with Gasteiger partial charge in [0, 0.05) is 36.6 Å². The minimum atomic E-state index is 0.798. The molecule has 0 aromatic carbocycles. The number of furan rings is 2. The van der Waals surface area contributed by atoms with Crippen molar-refractivity contribution in [1.29, 1.82) is 0 Å². The second kappa shape index (κ2) is 14.0. The molecule has 0 saturated heterocycles. The fraction of sp³-hybridized carbons (Fsp3) is 0.545. The smallest absolute Gasteiger partial charge is 0.0990 e. The van der Waals surface area contributed by atoms with Gasteiger partial charge in [0.1, 0.15) is 0 Å². The van der Waals surface area contributed by atoms with Gasteiger partial charge in [0.25, 0.3) is 0 Å². The van der Waals surface area contributed by atoms with Crippen molar-refractivity contribution in [2.24, 2.45) is 9.98 Å². The predicted molar refractivity (Wildman–Crippen MR) is 112 cm³/mol. The summed E-state index contributed by atoms with van der Waals surface area (Å²) < 4.78 is 10.1. The Morgan fingerprint density at radius 3 is 1.85 bits per heavy atom. The Balaban J connectivity index is 1.69. The van der Waals surface area contributed by atoms with Gasteiger partial charge < -0.3 is 8.83 Å². The lowest BCUT2D eigenvalue weighted by atomic mass is 10.1. The number of rotatable bonds is 15. The van der Waals surface area contributed by atoms with Crippen molar-refractivity contribution in [2.45, 2.75) is 45.4 Å². The van der Waals surface area contributed by atoms with E-state index in [-0.39, 0.29) is 0 Å². The second-order valence-electron chi connectivity index (χ2n) is 6.79. The summed E-state index contributed by atoms with van der Waals surface area (Å²) >= 11 is 0. The number of hydrogen-bond acceptors (Lipinski definition) is 5. The molecule has 0 aliphatic rings. The van der Waals surface area contributed by atoms with Crippen LogP contribution >= 0.6 is 0 Å². The third-order valence-corrected chi connectivity index (χ3v) is 4.49. The normalized spacial score (nSPS) is 12.1. The maximum atomic E-state index is 5.06. The predicted octanol–water partition coefficient (Wildman–Crippen LogP) is 5.07. The standard InChI is InChI=1S/C22H33N3O2/c1-2-3-4-5-6-7-12-25(13-10-23-17-21-8-15-26-19-21)14-11-24-18-22-9-16-27-20-22/h8-9,15-20H,2-7,10-14H2,1H3. The molecule has 2 aromatic rings. The molecule has 0 unspecified atom stereocenters. The molecule has 2 aromatic heterocycles. The molecule has 0 atom stereocenters. The summed E-state index contributed by atoms with van der Waals surface area (Å²) in [7, 11) is 0. The summed E-state index contributed by atoms with van der Waals surface area (Å²) in [5.74, 6) is 0. The first-order valence-corrected chi connectivity index (χ1v) is 10.1.